The Morgan fingerprint density at radius 1 is 0.658 bits per heavy atom. The maximum absolute atomic E-state index is 13.1. The molecule has 2 aromatic carbocycles. The summed E-state index contributed by atoms with van der Waals surface area (Å²) in [5, 5.41) is 21.5. The van der Waals surface area contributed by atoms with Crippen molar-refractivity contribution in [3.05, 3.63) is 70.8 Å². The first-order valence-corrected chi connectivity index (χ1v) is 12.2. The largest absolute Gasteiger partial charge is 0.369 e. The summed E-state index contributed by atoms with van der Waals surface area (Å²) in [4.78, 5) is 26.2. The van der Waals surface area contributed by atoms with Gasteiger partial charge in [-0.1, -0.05) is 37.1 Å². The predicted octanol–water partition coefficient (Wildman–Crippen LogP) is 1.15. The van der Waals surface area contributed by atoms with E-state index >= 15 is 0 Å². The van der Waals surface area contributed by atoms with Crippen LogP contribution in [-0.4, -0.2) is 47.2 Å². The molecular weight excluding hydrogens is 484 g/mol. The molecule has 2 amide bonds. The quantitative estimate of drug-likeness (QED) is 0.171. The van der Waals surface area contributed by atoms with Crippen LogP contribution in [0.5, 0.6) is 0 Å². The molecule has 38 heavy (non-hydrogen) atoms. The summed E-state index contributed by atoms with van der Waals surface area (Å²) >= 11 is 0. The average molecular weight is 519 g/mol. The summed E-state index contributed by atoms with van der Waals surface area (Å²) in [6.07, 6.45) is 3.42. The van der Waals surface area contributed by atoms with E-state index in [0.717, 1.165) is 36.8 Å². The number of hydrogen-bond donors (Lipinski definition) is 6. The fourth-order valence-electron chi connectivity index (χ4n) is 4.13. The zero-order valence-electron chi connectivity index (χ0n) is 21.5. The van der Waals surface area contributed by atoms with Crippen LogP contribution < -0.4 is 33.6 Å². The van der Waals surface area contributed by atoms with Crippen LogP contribution >= 0.6 is 0 Å². The third-order valence-corrected chi connectivity index (χ3v) is 6.11. The molecule has 0 spiro atoms. The maximum Gasteiger partial charge on any atom is 0.251 e. The minimum Gasteiger partial charge on any atom is -0.369 e. The Kier molecular flexibility index (Phi) is 9.52. The van der Waals surface area contributed by atoms with Crippen LogP contribution in [0.4, 0.5) is 0 Å². The summed E-state index contributed by atoms with van der Waals surface area (Å²) in [7, 11) is 0. The number of carbonyl (C=O) groups excluding carboxylic acids is 2. The normalized spacial score (nSPS) is 17.7. The van der Waals surface area contributed by atoms with Gasteiger partial charge in [0, 0.05) is 23.2 Å². The first kappa shape index (κ1) is 27.8. The first-order valence-electron chi connectivity index (χ1n) is 12.2. The Morgan fingerprint density at radius 3 is 1.39 bits per heavy atom. The maximum atomic E-state index is 13.1. The standard InChI is InChI=1S/C26H34N10O2/c1-15(33-35-25(27)28)17-7-5-9-19(13-17)23(37)31-21-11-3-4-12-22(21)32-24(38)20-10-6-8-18(14-20)16(2)34-36-26(29)30/h5-10,13-14,21-22H,3-4,11-12H2,1-2H3,(H,31,37)(H,32,38)(H4,27,28,35)(H4,29,30,36)/b33-15+,34-16+/t21-,22?/m1/s1. The third kappa shape index (κ3) is 7.88. The van der Waals surface area contributed by atoms with Gasteiger partial charge in [0.05, 0.1) is 11.4 Å². The highest BCUT2D eigenvalue weighted by Gasteiger charge is 2.28. The van der Waals surface area contributed by atoms with E-state index in [1.54, 1.807) is 50.2 Å². The number of nitrogens with one attached hydrogen (secondary N) is 2. The van der Waals surface area contributed by atoms with Gasteiger partial charge in [0.1, 0.15) is 0 Å². The van der Waals surface area contributed by atoms with Crippen LogP contribution in [0.3, 0.4) is 0 Å². The molecule has 1 aliphatic rings. The number of carbonyl (C=O) groups is 2. The molecule has 3 rings (SSSR count). The summed E-state index contributed by atoms with van der Waals surface area (Å²) in [5.74, 6) is -0.767. The Balaban J connectivity index is 1.71. The summed E-state index contributed by atoms with van der Waals surface area (Å²) in [6.45, 7) is 3.50. The van der Waals surface area contributed by atoms with E-state index in [-0.39, 0.29) is 35.8 Å². The molecule has 0 aliphatic heterocycles. The molecule has 0 heterocycles. The van der Waals surface area contributed by atoms with Crippen molar-refractivity contribution >= 4 is 35.2 Å². The van der Waals surface area contributed by atoms with Gasteiger partial charge in [-0.3, -0.25) is 9.59 Å². The smallest absolute Gasteiger partial charge is 0.251 e. The number of nitrogens with two attached hydrogens (primary N) is 4. The second-order valence-corrected chi connectivity index (χ2v) is 9.03. The summed E-state index contributed by atoms with van der Waals surface area (Å²) in [5.41, 5.74) is 24.9. The molecule has 10 N–H and O–H groups in total. The van der Waals surface area contributed by atoms with E-state index in [9.17, 15) is 9.59 Å². The highest BCUT2D eigenvalue weighted by Crippen LogP contribution is 2.20. The molecule has 1 aliphatic carbocycles. The molecule has 0 saturated heterocycles. The SMILES string of the molecule is C/C(=N\N=C(N)N)c1cccc(C(=O)NC2CCCC[C@H]2NC(=O)c2cccc(/C(C)=N/N=C(N)N)c2)c1. The van der Waals surface area contributed by atoms with Crippen LogP contribution in [-0.2, 0) is 0 Å². The van der Waals surface area contributed by atoms with Crippen LogP contribution in [0.25, 0.3) is 0 Å². The van der Waals surface area contributed by atoms with Gasteiger partial charge in [-0.15, -0.1) is 10.2 Å². The minimum absolute atomic E-state index is 0.149. The van der Waals surface area contributed by atoms with Gasteiger partial charge in [0.2, 0.25) is 11.9 Å². The molecule has 1 fully saturated rings. The lowest BCUT2D eigenvalue weighted by Gasteiger charge is -2.33. The van der Waals surface area contributed by atoms with Crippen molar-refractivity contribution in [3.63, 3.8) is 0 Å². The average Bonchev–Trinajstić information content (AvgIpc) is 2.91. The van der Waals surface area contributed by atoms with Crippen LogP contribution in [0.15, 0.2) is 68.9 Å². The lowest BCUT2D eigenvalue weighted by Crippen LogP contribution is -2.53. The Bertz CT molecular complexity index is 1190. The Morgan fingerprint density at radius 2 is 1.03 bits per heavy atom. The Labute approximate surface area is 221 Å². The highest BCUT2D eigenvalue weighted by atomic mass is 16.2. The second kappa shape index (κ2) is 13.0. The van der Waals surface area contributed by atoms with Gasteiger partial charge in [0.25, 0.3) is 11.8 Å². The van der Waals surface area contributed by atoms with Gasteiger partial charge >= 0.3 is 0 Å². The zero-order chi connectivity index (χ0) is 27.7. The number of rotatable bonds is 8. The summed E-state index contributed by atoms with van der Waals surface area (Å²) in [6, 6.07) is 13.6. The lowest BCUT2D eigenvalue weighted by atomic mass is 9.89. The van der Waals surface area contributed by atoms with Crippen molar-refractivity contribution < 1.29 is 9.59 Å². The van der Waals surface area contributed by atoms with Crippen molar-refractivity contribution in [2.45, 2.75) is 51.6 Å². The van der Waals surface area contributed by atoms with Crippen LogP contribution in [0, 0.1) is 0 Å². The van der Waals surface area contributed by atoms with E-state index in [0.29, 0.717) is 22.6 Å². The molecule has 12 nitrogen and oxygen atoms in total. The number of hydrogen-bond acceptors (Lipinski definition) is 6. The lowest BCUT2D eigenvalue weighted by molar-refractivity contribution is 0.0863. The molecule has 12 heteroatoms. The van der Waals surface area contributed by atoms with Crippen molar-refractivity contribution in [2.75, 3.05) is 0 Å². The molecular formula is C26H34N10O2. The van der Waals surface area contributed by atoms with Gasteiger partial charge in [0.15, 0.2) is 0 Å². The molecule has 1 unspecified atom stereocenters. The fraction of sp³-hybridized carbons (Fsp3) is 0.308. The molecule has 200 valence electrons. The second-order valence-electron chi connectivity index (χ2n) is 9.03. The van der Waals surface area contributed by atoms with Gasteiger partial charge in [-0.25, -0.2) is 0 Å². The number of guanidine groups is 2. The van der Waals surface area contributed by atoms with Crippen molar-refractivity contribution in [2.24, 2.45) is 43.3 Å². The third-order valence-electron chi connectivity index (χ3n) is 6.11. The molecule has 2 atom stereocenters. The monoisotopic (exact) mass is 518 g/mol. The van der Waals surface area contributed by atoms with E-state index in [4.69, 9.17) is 22.9 Å². The zero-order valence-corrected chi connectivity index (χ0v) is 21.5. The number of benzene rings is 2. The number of nitrogens with zero attached hydrogens (tertiary/aromatic N) is 4. The molecule has 1 saturated carbocycles. The topological polar surface area (TPSA) is 212 Å². The highest BCUT2D eigenvalue weighted by molar-refractivity contribution is 6.03. The number of amides is 2. The van der Waals surface area contributed by atoms with E-state index < -0.39 is 0 Å². The van der Waals surface area contributed by atoms with Crippen molar-refractivity contribution in [3.8, 4) is 0 Å². The van der Waals surface area contributed by atoms with Crippen LogP contribution in [0.1, 0.15) is 71.4 Å². The fourth-order valence-corrected chi connectivity index (χ4v) is 4.13. The summed E-state index contributed by atoms with van der Waals surface area (Å²) < 4.78 is 0. The van der Waals surface area contributed by atoms with Crippen LogP contribution in [0.2, 0.25) is 0 Å². The molecule has 0 aromatic heterocycles. The Hall–Kier alpha value is -4.74. The molecule has 0 bridgehead atoms. The van der Waals surface area contributed by atoms with Crippen molar-refractivity contribution in [1.29, 1.82) is 0 Å². The van der Waals surface area contributed by atoms with Gasteiger partial charge in [-0.2, -0.15) is 10.2 Å². The van der Waals surface area contributed by atoms with E-state index in [2.05, 4.69) is 31.0 Å². The predicted molar refractivity (Wildman–Crippen MR) is 150 cm³/mol. The molecule has 0 radical (unpaired) electrons. The van der Waals surface area contributed by atoms with E-state index in [1.165, 1.54) is 0 Å². The van der Waals surface area contributed by atoms with E-state index in [1.807, 2.05) is 12.1 Å². The van der Waals surface area contributed by atoms with Gasteiger partial charge < -0.3 is 33.6 Å². The van der Waals surface area contributed by atoms with Crippen molar-refractivity contribution in [1.82, 2.24) is 10.6 Å². The molecule has 2 aromatic rings. The first-order chi connectivity index (χ1) is 18.1. The minimum atomic E-state index is -0.235. The van der Waals surface area contributed by atoms with Gasteiger partial charge in [-0.05, 0) is 62.1 Å².